The highest BCUT2D eigenvalue weighted by molar-refractivity contribution is 5.20. The van der Waals surface area contributed by atoms with Gasteiger partial charge in [0.2, 0.25) is 0 Å². The number of nitrogens with one attached hydrogen (secondary N) is 1. The maximum atomic E-state index is 9.50. The third-order valence-electron chi connectivity index (χ3n) is 4.45. The van der Waals surface area contributed by atoms with Crippen LogP contribution in [0.3, 0.4) is 0 Å². The number of aromatic nitrogens is 2. The molecule has 2 N–H and O–H groups in total. The third-order valence-corrected chi connectivity index (χ3v) is 4.45. The number of aliphatic hydroxyl groups excluding tert-OH is 1. The van der Waals surface area contributed by atoms with Gasteiger partial charge >= 0.3 is 0 Å². The summed E-state index contributed by atoms with van der Waals surface area (Å²) in [6, 6.07) is 0.347. The Balaban J connectivity index is 1.88. The second kappa shape index (κ2) is 5.61. The number of rotatable bonds is 3. The van der Waals surface area contributed by atoms with Gasteiger partial charge in [-0.3, -0.25) is 4.90 Å². The second-order valence-corrected chi connectivity index (χ2v) is 5.59. The molecule has 0 bridgehead atoms. The van der Waals surface area contributed by atoms with E-state index in [1.54, 1.807) is 0 Å². The largest absolute Gasteiger partial charge is 0.390 e. The summed E-state index contributed by atoms with van der Waals surface area (Å²) in [5.41, 5.74) is 2.17. The lowest BCUT2D eigenvalue weighted by molar-refractivity contribution is 0.175. The van der Waals surface area contributed by atoms with E-state index in [0.717, 1.165) is 50.7 Å². The Labute approximate surface area is 114 Å². The number of aliphatic hydroxyl groups is 1. The second-order valence-electron chi connectivity index (χ2n) is 5.59. The van der Waals surface area contributed by atoms with Crippen molar-refractivity contribution in [3.05, 3.63) is 17.2 Å². The fourth-order valence-electron chi connectivity index (χ4n) is 3.33. The molecule has 0 amide bonds. The van der Waals surface area contributed by atoms with Crippen LogP contribution in [-0.4, -0.2) is 45.7 Å². The van der Waals surface area contributed by atoms with Gasteiger partial charge in [-0.25, -0.2) is 4.98 Å². The van der Waals surface area contributed by atoms with E-state index in [2.05, 4.69) is 21.7 Å². The standard InChI is InChI=1S/C14H24N4O/c1-11(17-8-5-15-6-9-17)14-16-12(10-19)13-4-2-3-7-18(13)14/h11,15,19H,2-10H2,1H3. The van der Waals surface area contributed by atoms with Crippen molar-refractivity contribution < 1.29 is 5.11 Å². The zero-order valence-electron chi connectivity index (χ0n) is 11.7. The molecule has 5 heteroatoms. The predicted molar refractivity (Wildman–Crippen MR) is 73.9 cm³/mol. The van der Waals surface area contributed by atoms with Crippen molar-refractivity contribution >= 4 is 0 Å². The Morgan fingerprint density at radius 1 is 1.26 bits per heavy atom. The van der Waals surface area contributed by atoms with Gasteiger partial charge < -0.3 is 15.0 Å². The topological polar surface area (TPSA) is 53.3 Å². The zero-order chi connectivity index (χ0) is 13.2. The lowest BCUT2D eigenvalue weighted by atomic mass is 10.1. The molecular formula is C14H24N4O. The van der Waals surface area contributed by atoms with Gasteiger partial charge in [0.1, 0.15) is 5.82 Å². The van der Waals surface area contributed by atoms with Crippen molar-refractivity contribution in [3.8, 4) is 0 Å². The first-order valence-corrected chi connectivity index (χ1v) is 7.45. The molecule has 5 nitrogen and oxygen atoms in total. The van der Waals surface area contributed by atoms with Crippen molar-refractivity contribution in [2.75, 3.05) is 26.2 Å². The SMILES string of the molecule is CC(c1nc(CO)c2n1CCCC2)N1CCNCC1. The molecule has 1 aromatic rings. The highest BCUT2D eigenvalue weighted by Gasteiger charge is 2.26. The summed E-state index contributed by atoms with van der Waals surface area (Å²) < 4.78 is 2.36. The minimum absolute atomic E-state index is 0.0730. The van der Waals surface area contributed by atoms with Crippen LogP contribution in [0.25, 0.3) is 0 Å². The quantitative estimate of drug-likeness (QED) is 0.843. The van der Waals surface area contributed by atoms with Crippen LogP contribution in [0.15, 0.2) is 0 Å². The van der Waals surface area contributed by atoms with Crippen LogP contribution in [-0.2, 0) is 19.6 Å². The molecule has 1 aromatic heterocycles. The van der Waals surface area contributed by atoms with E-state index in [1.807, 2.05) is 0 Å². The van der Waals surface area contributed by atoms with Gasteiger partial charge in [0, 0.05) is 38.4 Å². The van der Waals surface area contributed by atoms with Crippen LogP contribution in [0.2, 0.25) is 0 Å². The van der Waals surface area contributed by atoms with Crippen LogP contribution in [0.5, 0.6) is 0 Å². The molecule has 3 heterocycles. The smallest absolute Gasteiger partial charge is 0.126 e. The Kier molecular flexibility index (Phi) is 3.86. The van der Waals surface area contributed by atoms with E-state index in [4.69, 9.17) is 4.98 Å². The first kappa shape index (κ1) is 13.1. The van der Waals surface area contributed by atoms with E-state index in [0.29, 0.717) is 6.04 Å². The summed E-state index contributed by atoms with van der Waals surface area (Å²) in [4.78, 5) is 7.22. The monoisotopic (exact) mass is 264 g/mol. The lowest BCUT2D eigenvalue weighted by Crippen LogP contribution is -2.45. The molecule has 0 aromatic carbocycles. The Hall–Kier alpha value is -0.910. The minimum Gasteiger partial charge on any atom is -0.390 e. The van der Waals surface area contributed by atoms with Gasteiger partial charge in [-0.15, -0.1) is 0 Å². The van der Waals surface area contributed by atoms with Crippen molar-refractivity contribution in [2.45, 2.75) is 45.4 Å². The summed E-state index contributed by atoms with van der Waals surface area (Å²) in [5, 5.41) is 12.9. The Morgan fingerprint density at radius 2 is 2.05 bits per heavy atom. The first-order chi connectivity index (χ1) is 9.31. The van der Waals surface area contributed by atoms with Crippen molar-refractivity contribution in [2.24, 2.45) is 0 Å². The molecule has 1 unspecified atom stereocenters. The molecule has 1 saturated heterocycles. The summed E-state index contributed by atoms with van der Waals surface area (Å²) in [6.07, 6.45) is 3.52. The van der Waals surface area contributed by atoms with E-state index in [9.17, 15) is 5.11 Å². The molecule has 2 aliphatic heterocycles. The lowest BCUT2D eigenvalue weighted by Gasteiger charge is -2.33. The fourth-order valence-corrected chi connectivity index (χ4v) is 3.33. The Bertz CT molecular complexity index is 437. The number of piperazine rings is 1. The maximum absolute atomic E-state index is 9.50. The van der Waals surface area contributed by atoms with Gasteiger partial charge in [-0.1, -0.05) is 0 Å². The molecule has 1 atom stereocenters. The van der Waals surface area contributed by atoms with Gasteiger partial charge in [-0.05, 0) is 26.2 Å². The highest BCUT2D eigenvalue weighted by Crippen LogP contribution is 2.27. The number of fused-ring (bicyclic) bond motifs is 1. The van der Waals surface area contributed by atoms with E-state index < -0.39 is 0 Å². The first-order valence-electron chi connectivity index (χ1n) is 7.45. The van der Waals surface area contributed by atoms with Crippen molar-refractivity contribution in [1.29, 1.82) is 0 Å². The number of hydrogen-bond donors (Lipinski definition) is 2. The molecule has 0 spiro atoms. The summed E-state index contributed by atoms with van der Waals surface area (Å²) in [6.45, 7) is 7.67. The summed E-state index contributed by atoms with van der Waals surface area (Å²) >= 11 is 0. The maximum Gasteiger partial charge on any atom is 0.126 e. The molecule has 19 heavy (non-hydrogen) atoms. The minimum atomic E-state index is 0.0730. The average molecular weight is 264 g/mol. The molecule has 1 fully saturated rings. The zero-order valence-corrected chi connectivity index (χ0v) is 11.7. The molecule has 0 aliphatic carbocycles. The summed E-state index contributed by atoms with van der Waals surface area (Å²) in [7, 11) is 0. The summed E-state index contributed by atoms with van der Waals surface area (Å²) in [5.74, 6) is 1.15. The van der Waals surface area contributed by atoms with Crippen LogP contribution in [0.4, 0.5) is 0 Å². The molecule has 0 radical (unpaired) electrons. The highest BCUT2D eigenvalue weighted by atomic mass is 16.3. The third kappa shape index (κ3) is 2.42. The molecule has 2 aliphatic rings. The molecule has 0 saturated carbocycles. The van der Waals surface area contributed by atoms with Crippen molar-refractivity contribution in [3.63, 3.8) is 0 Å². The van der Waals surface area contributed by atoms with Crippen LogP contribution >= 0.6 is 0 Å². The number of imidazole rings is 1. The van der Waals surface area contributed by atoms with Gasteiger partial charge in [-0.2, -0.15) is 0 Å². The van der Waals surface area contributed by atoms with E-state index in [1.165, 1.54) is 18.5 Å². The van der Waals surface area contributed by atoms with Crippen molar-refractivity contribution in [1.82, 2.24) is 19.8 Å². The number of nitrogens with zero attached hydrogens (tertiary/aromatic N) is 3. The van der Waals surface area contributed by atoms with E-state index >= 15 is 0 Å². The molecular weight excluding hydrogens is 240 g/mol. The van der Waals surface area contributed by atoms with E-state index in [-0.39, 0.29) is 6.61 Å². The molecule has 106 valence electrons. The van der Waals surface area contributed by atoms with Gasteiger partial charge in [0.25, 0.3) is 0 Å². The van der Waals surface area contributed by atoms with Gasteiger partial charge in [0.15, 0.2) is 0 Å². The fraction of sp³-hybridized carbons (Fsp3) is 0.786. The number of hydrogen-bond acceptors (Lipinski definition) is 4. The predicted octanol–water partition coefficient (Wildman–Crippen LogP) is 0.678. The Morgan fingerprint density at radius 3 is 2.79 bits per heavy atom. The van der Waals surface area contributed by atoms with Crippen LogP contribution in [0.1, 0.15) is 43.0 Å². The molecule has 3 rings (SSSR count). The normalized spacial score (nSPS) is 22.2. The van der Waals surface area contributed by atoms with Gasteiger partial charge in [0.05, 0.1) is 18.3 Å². The van der Waals surface area contributed by atoms with Crippen LogP contribution < -0.4 is 5.32 Å². The van der Waals surface area contributed by atoms with Crippen LogP contribution in [0, 0.1) is 0 Å². The average Bonchev–Trinajstić information content (AvgIpc) is 2.86.